The van der Waals surface area contributed by atoms with Gasteiger partial charge in [-0.1, -0.05) is 26.7 Å². The summed E-state index contributed by atoms with van der Waals surface area (Å²) in [5.41, 5.74) is 0. The maximum atomic E-state index is 12.3. The number of likely N-dealkylation sites (tertiary alicyclic amines) is 1. The van der Waals surface area contributed by atoms with E-state index in [2.05, 4.69) is 5.32 Å². The molecule has 1 saturated carbocycles. The number of carboxylic acids is 1. The number of rotatable bonds is 3. The van der Waals surface area contributed by atoms with Gasteiger partial charge in [0.05, 0.1) is 0 Å². The van der Waals surface area contributed by atoms with Gasteiger partial charge in [0, 0.05) is 12.6 Å². The first kappa shape index (κ1) is 14.2. The Balaban J connectivity index is 1.98. The molecule has 3 atom stereocenters. The molecule has 0 bridgehead atoms. The molecule has 2 N–H and O–H groups in total. The minimum atomic E-state index is -0.956. The Hall–Kier alpha value is -1.26. The molecule has 2 aliphatic rings. The van der Waals surface area contributed by atoms with Crippen LogP contribution in [0.1, 0.15) is 46.0 Å². The van der Waals surface area contributed by atoms with E-state index in [1.165, 1.54) is 19.3 Å². The summed E-state index contributed by atoms with van der Waals surface area (Å²) >= 11 is 0. The summed E-state index contributed by atoms with van der Waals surface area (Å²) in [5, 5.41) is 11.8. The van der Waals surface area contributed by atoms with Crippen molar-refractivity contribution in [1.29, 1.82) is 0 Å². The lowest BCUT2D eigenvalue weighted by atomic mass is 9.85. The third-order valence-electron chi connectivity index (χ3n) is 4.48. The van der Waals surface area contributed by atoms with E-state index in [4.69, 9.17) is 5.11 Å². The van der Waals surface area contributed by atoms with Crippen LogP contribution >= 0.6 is 0 Å². The molecule has 2 fully saturated rings. The number of fused-ring (bicyclic) bond motifs is 1. The van der Waals surface area contributed by atoms with Gasteiger partial charge in [0.1, 0.15) is 6.04 Å². The Labute approximate surface area is 114 Å². The number of aliphatic carboxylic acids is 1. The van der Waals surface area contributed by atoms with Crippen LogP contribution in [-0.2, 0) is 4.79 Å². The van der Waals surface area contributed by atoms with Crippen molar-refractivity contribution in [2.45, 2.75) is 58.0 Å². The van der Waals surface area contributed by atoms with E-state index in [-0.39, 0.29) is 11.9 Å². The van der Waals surface area contributed by atoms with E-state index in [1.807, 2.05) is 18.7 Å². The molecule has 2 amide bonds. The SMILES string of the molecule is CC(C)[C@@H](NC(=O)N1CCC2CCCCC21)C(=O)O. The van der Waals surface area contributed by atoms with E-state index in [0.717, 1.165) is 19.4 Å². The first-order valence-corrected chi connectivity index (χ1v) is 7.30. The Morgan fingerprint density at radius 2 is 1.89 bits per heavy atom. The number of carbonyl (C=O) groups excluding carboxylic acids is 1. The molecule has 0 aromatic carbocycles. The van der Waals surface area contributed by atoms with Crippen LogP contribution in [0.2, 0.25) is 0 Å². The van der Waals surface area contributed by atoms with Crippen LogP contribution in [0.3, 0.4) is 0 Å². The first-order chi connectivity index (χ1) is 9.00. The van der Waals surface area contributed by atoms with Crippen LogP contribution in [0, 0.1) is 11.8 Å². The number of hydrogen-bond acceptors (Lipinski definition) is 2. The molecule has 1 aliphatic carbocycles. The lowest BCUT2D eigenvalue weighted by molar-refractivity contribution is -0.140. The second-order valence-corrected chi connectivity index (χ2v) is 6.10. The molecular weight excluding hydrogens is 244 g/mol. The van der Waals surface area contributed by atoms with Gasteiger partial charge in [-0.25, -0.2) is 9.59 Å². The van der Waals surface area contributed by atoms with Gasteiger partial charge in [0.25, 0.3) is 0 Å². The van der Waals surface area contributed by atoms with Crippen LogP contribution in [0.25, 0.3) is 0 Å². The molecule has 108 valence electrons. The summed E-state index contributed by atoms with van der Waals surface area (Å²) in [5.74, 6) is -0.434. The van der Waals surface area contributed by atoms with Crippen molar-refractivity contribution in [3.63, 3.8) is 0 Å². The predicted octanol–water partition coefficient (Wildman–Crippen LogP) is 2.07. The van der Waals surface area contributed by atoms with Crippen LogP contribution in [0.4, 0.5) is 4.79 Å². The lowest BCUT2D eigenvalue weighted by Crippen LogP contribution is -2.52. The summed E-state index contributed by atoms with van der Waals surface area (Å²) in [4.78, 5) is 25.3. The van der Waals surface area contributed by atoms with Crippen LogP contribution in [0.5, 0.6) is 0 Å². The molecule has 0 spiro atoms. The Bertz CT molecular complexity index is 357. The van der Waals surface area contributed by atoms with Gasteiger partial charge in [-0.3, -0.25) is 0 Å². The second kappa shape index (κ2) is 5.80. The molecule has 2 unspecified atom stereocenters. The fourth-order valence-corrected chi connectivity index (χ4v) is 3.39. The summed E-state index contributed by atoms with van der Waals surface area (Å²) in [6.07, 6.45) is 5.79. The highest BCUT2D eigenvalue weighted by atomic mass is 16.4. The van der Waals surface area contributed by atoms with E-state index in [9.17, 15) is 9.59 Å². The Morgan fingerprint density at radius 1 is 1.21 bits per heavy atom. The summed E-state index contributed by atoms with van der Waals surface area (Å²) in [7, 11) is 0. The fourth-order valence-electron chi connectivity index (χ4n) is 3.39. The monoisotopic (exact) mass is 268 g/mol. The van der Waals surface area contributed by atoms with Crippen LogP contribution < -0.4 is 5.32 Å². The van der Waals surface area contributed by atoms with Crippen molar-refractivity contribution in [2.24, 2.45) is 11.8 Å². The van der Waals surface area contributed by atoms with Crippen molar-refractivity contribution in [3.05, 3.63) is 0 Å². The Morgan fingerprint density at radius 3 is 2.53 bits per heavy atom. The van der Waals surface area contributed by atoms with Crippen molar-refractivity contribution in [3.8, 4) is 0 Å². The fraction of sp³-hybridized carbons (Fsp3) is 0.857. The molecule has 1 heterocycles. The normalized spacial score (nSPS) is 28.1. The largest absolute Gasteiger partial charge is 0.480 e. The van der Waals surface area contributed by atoms with Gasteiger partial charge in [0.2, 0.25) is 0 Å². The van der Waals surface area contributed by atoms with Gasteiger partial charge in [-0.05, 0) is 31.1 Å². The molecule has 1 saturated heterocycles. The Kier molecular flexibility index (Phi) is 4.32. The van der Waals surface area contributed by atoms with E-state index < -0.39 is 12.0 Å². The van der Waals surface area contributed by atoms with Crippen molar-refractivity contribution >= 4 is 12.0 Å². The standard InChI is InChI=1S/C14H24N2O3/c1-9(2)12(13(17)18)15-14(19)16-8-7-10-5-3-4-6-11(10)16/h9-12H,3-8H2,1-2H3,(H,15,19)(H,17,18)/t10?,11?,12-/m1/s1. The number of hydrogen-bond donors (Lipinski definition) is 2. The van der Waals surface area contributed by atoms with E-state index in [1.54, 1.807) is 0 Å². The summed E-state index contributed by atoms with van der Waals surface area (Å²) in [6, 6.07) is -0.666. The average molecular weight is 268 g/mol. The molecule has 5 heteroatoms. The molecule has 5 nitrogen and oxygen atoms in total. The van der Waals surface area contributed by atoms with Crippen molar-refractivity contribution < 1.29 is 14.7 Å². The van der Waals surface area contributed by atoms with Gasteiger partial charge in [-0.2, -0.15) is 0 Å². The van der Waals surface area contributed by atoms with Crippen molar-refractivity contribution in [1.82, 2.24) is 10.2 Å². The summed E-state index contributed by atoms with van der Waals surface area (Å²) < 4.78 is 0. The third-order valence-corrected chi connectivity index (χ3v) is 4.48. The maximum Gasteiger partial charge on any atom is 0.326 e. The number of carboxylic acid groups (broad SMARTS) is 1. The van der Waals surface area contributed by atoms with Gasteiger partial charge >= 0.3 is 12.0 Å². The van der Waals surface area contributed by atoms with Crippen LogP contribution in [0.15, 0.2) is 0 Å². The van der Waals surface area contributed by atoms with Crippen molar-refractivity contribution in [2.75, 3.05) is 6.54 Å². The predicted molar refractivity (Wildman–Crippen MR) is 71.9 cm³/mol. The molecular formula is C14H24N2O3. The van der Waals surface area contributed by atoms with E-state index in [0.29, 0.717) is 12.0 Å². The maximum absolute atomic E-state index is 12.3. The van der Waals surface area contributed by atoms with Gasteiger partial charge < -0.3 is 15.3 Å². The number of urea groups is 1. The zero-order valence-electron chi connectivity index (χ0n) is 11.8. The molecule has 19 heavy (non-hydrogen) atoms. The first-order valence-electron chi connectivity index (χ1n) is 7.30. The molecule has 0 aromatic heterocycles. The average Bonchev–Trinajstić information content (AvgIpc) is 2.78. The van der Waals surface area contributed by atoms with Gasteiger partial charge in [-0.15, -0.1) is 0 Å². The zero-order valence-corrected chi connectivity index (χ0v) is 11.8. The number of nitrogens with zero attached hydrogens (tertiary/aromatic N) is 1. The smallest absolute Gasteiger partial charge is 0.326 e. The highest BCUT2D eigenvalue weighted by Gasteiger charge is 2.39. The zero-order chi connectivity index (χ0) is 14.0. The number of carbonyl (C=O) groups is 2. The highest BCUT2D eigenvalue weighted by Crippen LogP contribution is 2.36. The van der Waals surface area contributed by atoms with Crippen LogP contribution in [-0.4, -0.2) is 40.6 Å². The minimum Gasteiger partial charge on any atom is -0.480 e. The molecule has 0 aromatic rings. The lowest BCUT2D eigenvalue weighted by Gasteiger charge is -2.32. The molecule has 2 rings (SSSR count). The second-order valence-electron chi connectivity index (χ2n) is 6.10. The topological polar surface area (TPSA) is 69.6 Å². The molecule has 0 radical (unpaired) electrons. The highest BCUT2D eigenvalue weighted by molar-refractivity contribution is 5.83. The molecule has 1 aliphatic heterocycles. The van der Waals surface area contributed by atoms with E-state index >= 15 is 0 Å². The summed E-state index contributed by atoms with van der Waals surface area (Å²) in [6.45, 7) is 4.39. The quantitative estimate of drug-likeness (QED) is 0.823. The van der Waals surface area contributed by atoms with Gasteiger partial charge in [0.15, 0.2) is 0 Å². The number of nitrogens with one attached hydrogen (secondary N) is 1. The minimum absolute atomic E-state index is 0.105. The number of amides is 2. The third kappa shape index (κ3) is 3.01.